The fourth-order valence-electron chi connectivity index (χ4n) is 0.576. The van der Waals surface area contributed by atoms with Gasteiger partial charge in [-0.15, -0.1) is 0 Å². The summed E-state index contributed by atoms with van der Waals surface area (Å²) >= 11 is 1.60. The summed E-state index contributed by atoms with van der Waals surface area (Å²) in [5.74, 6) is 1.54. The SMILES string of the molecule is COC(=O)CCSCCC(C)=O. The van der Waals surface area contributed by atoms with Crippen molar-refractivity contribution in [1.82, 2.24) is 0 Å². The highest BCUT2D eigenvalue weighted by molar-refractivity contribution is 7.99. The van der Waals surface area contributed by atoms with Crippen LogP contribution in [0.1, 0.15) is 19.8 Å². The van der Waals surface area contributed by atoms with E-state index in [9.17, 15) is 9.59 Å². The molecule has 0 saturated heterocycles. The van der Waals surface area contributed by atoms with Crippen molar-refractivity contribution in [2.24, 2.45) is 0 Å². The Labute approximate surface area is 76.9 Å². The number of ether oxygens (including phenoxy) is 1. The molecule has 0 aromatic carbocycles. The van der Waals surface area contributed by atoms with Gasteiger partial charge >= 0.3 is 5.97 Å². The molecule has 0 aliphatic heterocycles. The van der Waals surface area contributed by atoms with Crippen LogP contribution in [0.15, 0.2) is 0 Å². The van der Waals surface area contributed by atoms with Gasteiger partial charge in [0, 0.05) is 17.9 Å². The molecule has 0 N–H and O–H groups in total. The van der Waals surface area contributed by atoms with E-state index in [1.165, 1.54) is 7.11 Å². The molecule has 0 unspecified atom stereocenters. The minimum atomic E-state index is -0.190. The third-order valence-electron chi connectivity index (χ3n) is 1.28. The Balaban J connectivity index is 3.11. The number of Topliss-reactive ketones (excluding diaryl/α,β-unsaturated/α-hetero) is 1. The van der Waals surface area contributed by atoms with Gasteiger partial charge in [-0.1, -0.05) is 0 Å². The van der Waals surface area contributed by atoms with Gasteiger partial charge in [-0.2, -0.15) is 11.8 Å². The molecule has 0 atom stereocenters. The Morgan fingerprint density at radius 3 is 2.33 bits per heavy atom. The number of rotatable bonds is 6. The van der Waals surface area contributed by atoms with E-state index < -0.39 is 0 Å². The molecule has 0 saturated carbocycles. The Bertz CT molecular complexity index is 156. The molecule has 70 valence electrons. The fraction of sp³-hybridized carbons (Fsp3) is 0.750. The summed E-state index contributed by atoms with van der Waals surface area (Å²) in [7, 11) is 1.38. The molecular weight excluding hydrogens is 176 g/mol. The highest BCUT2D eigenvalue weighted by Gasteiger charge is 1.99. The monoisotopic (exact) mass is 190 g/mol. The quantitative estimate of drug-likeness (QED) is 0.467. The van der Waals surface area contributed by atoms with Crippen molar-refractivity contribution in [3.63, 3.8) is 0 Å². The van der Waals surface area contributed by atoms with Gasteiger partial charge in [-0.25, -0.2) is 0 Å². The Hall–Kier alpha value is -0.510. The van der Waals surface area contributed by atoms with E-state index >= 15 is 0 Å². The number of hydrogen-bond donors (Lipinski definition) is 0. The number of hydrogen-bond acceptors (Lipinski definition) is 4. The van der Waals surface area contributed by atoms with E-state index in [1.54, 1.807) is 18.7 Å². The van der Waals surface area contributed by atoms with Crippen LogP contribution in [0.25, 0.3) is 0 Å². The minimum Gasteiger partial charge on any atom is -0.469 e. The van der Waals surface area contributed by atoms with Crippen LogP contribution in [0.5, 0.6) is 0 Å². The number of thioether (sulfide) groups is 1. The molecule has 3 nitrogen and oxygen atoms in total. The molecule has 0 fully saturated rings. The first-order valence-corrected chi connectivity index (χ1v) is 4.96. The largest absolute Gasteiger partial charge is 0.469 e. The van der Waals surface area contributed by atoms with E-state index in [2.05, 4.69) is 4.74 Å². The molecule has 0 aromatic heterocycles. The maximum absolute atomic E-state index is 10.6. The lowest BCUT2D eigenvalue weighted by Crippen LogP contribution is -2.02. The Morgan fingerprint density at radius 1 is 1.25 bits per heavy atom. The van der Waals surface area contributed by atoms with Gasteiger partial charge in [0.05, 0.1) is 13.5 Å². The van der Waals surface area contributed by atoms with Crippen molar-refractivity contribution in [3.8, 4) is 0 Å². The molecule has 0 bridgehead atoms. The summed E-state index contributed by atoms with van der Waals surface area (Å²) in [5, 5.41) is 0. The Morgan fingerprint density at radius 2 is 1.83 bits per heavy atom. The molecule has 0 aliphatic carbocycles. The van der Waals surface area contributed by atoms with Crippen molar-refractivity contribution in [2.75, 3.05) is 18.6 Å². The van der Waals surface area contributed by atoms with Crippen LogP contribution in [0.3, 0.4) is 0 Å². The van der Waals surface area contributed by atoms with Crippen molar-refractivity contribution in [1.29, 1.82) is 0 Å². The van der Waals surface area contributed by atoms with Gasteiger partial charge in [0.2, 0.25) is 0 Å². The van der Waals surface area contributed by atoms with Gasteiger partial charge < -0.3 is 4.74 Å². The molecule has 0 amide bonds. The lowest BCUT2D eigenvalue weighted by Gasteiger charge is -1.98. The molecule has 0 aromatic rings. The molecule has 0 spiro atoms. The van der Waals surface area contributed by atoms with Crippen molar-refractivity contribution in [2.45, 2.75) is 19.8 Å². The normalized spacial score (nSPS) is 9.50. The lowest BCUT2D eigenvalue weighted by molar-refractivity contribution is -0.140. The second-order valence-electron chi connectivity index (χ2n) is 2.39. The predicted octanol–water partition coefficient (Wildman–Crippen LogP) is 1.26. The molecule has 4 heteroatoms. The summed E-state index contributed by atoms with van der Waals surface area (Å²) in [6.45, 7) is 1.57. The summed E-state index contributed by atoms with van der Waals surface area (Å²) in [4.78, 5) is 21.1. The Kier molecular flexibility index (Phi) is 6.85. The van der Waals surface area contributed by atoms with E-state index in [-0.39, 0.29) is 11.8 Å². The van der Waals surface area contributed by atoms with Crippen LogP contribution in [-0.4, -0.2) is 30.4 Å². The average Bonchev–Trinajstić information content (AvgIpc) is 2.03. The zero-order valence-corrected chi connectivity index (χ0v) is 8.28. The maximum Gasteiger partial charge on any atom is 0.306 e. The second kappa shape index (κ2) is 7.16. The van der Waals surface area contributed by atoms with E-state index in [4.69, 9.17) is 0 Å². The molecule has 12 heavy (non-hydrogen) atoms. The van der Waals surface area contributed by atoms with Gasteiger partial charge in [-0.05, 0) is 6.92 Å². The molecule has 0 rings (SSSR count). The highest BCUT2D eigenvalue weighted by atomic mass is 32.2. The summed E-state index contributed by atoms with van der Waals surface area (Å²) < 4.78 is 4.46. The smallest absolute Gasteiger partial charge is 0.306 e. The van der Waals surface area contributed by atoms with Gasteiger partial charge in [0.1, 0.15) is 5.78 Å². The predicted molar refractivity (Wildman–Crippen MR) is 49.3 cm³/mol. The van der Waals surface area contributed by atoms with Crippen molar-refractivity contribution in [3.05, 3.63) is 0 Å². The molecule has 0 radical (unpaired) electrons. The summed E-state index contributed by atoms with van der Waals surface area (Å²) in [5.41, 5.74) is 0. The summed E-state index contributed by atoms with van der Waals surface area (Å²) in [6.07, 6.45) is 1.02. The molecule has 0 heterocycles. The standard InChI is InChI=1S/C8H14O3S/c1-7(9)3-5-12-6-4-8(10)11-2/h3-6H2,1-2H3. The topological polar surface area (TPSA) is 43.4 Å². The zero-order valence-electron chi connectivity index (χ0n) is 7.46. The zero-order chi connectivity index (χ0) is 9.40. The first-order chi connectivity index (χ1) is 5.66. The first kappa shape index (κ1) is 11.5. The number of esters is 1. The van der Waals surface area contributed by atoms with Crippen LogP contribution in [0, 0.1) is 0 Å². The first-order valence-electron chi connectivity index (χ1n) is 3.81. The minimum absolute atomic E-state index is 0.190. The van der Waals surface area contributed by atoms with E-state index in [1.807, 2.05) is 0 Å². The average molecular weight is 190 g/mol. The number of methoxy groups -OCH3 is 1. The third-order valence-corrected chi connectivity index (χ3v) is 2.26. The van der Waals surface area contributed by atoms with E-state index in [0.717, 1.165) is 11.5 Å². The van der Waals surface area contributed by atoms with Crippen molar-refractivity contribution >= 4 is 23.5 Å². The number of carbonyl (C=O) groups excluding carboxylic acids is 2. The van der Waals surface area contributed by atoms with Crippen molar-refractivity contribution < 1.29 is 14.3 Å². The van der Waals surface area contributed by atoms with Gasteiger partial charge in [0.15, 0.2) is 0 Å². The van der Waals surface area contributed by atoms with Crippen LogP contribution >= 0.6 is 11.8 Å². The van der Waals surface area contributed by atoms with Crippen LogP contribution in [-0.2, 0) is 14.3 Å². The third kappa shape index (κ3) is 7.60. The van der Waals surface area contributed by atoms with Gasteiger partial charge in [-0.3, -0.25) is 9.59 Å². The van der Waals surface area contributed by atoms with Crippen LogP contribution in [0.4, 0.5) is 0 Å². The molecule has 0 aliphatic rings. The van der Waals surface area contributed by atoms with E-state index in [0.29, 0.717) is 12.8 Å². The second-order valence-corrected chi connectivity index (χ2v) is 3.62. The number of carbonyl (C=O) groups is 2. The number of ketones is 1. The fourth-order valence-corrected chi connectivity index (χ4v) is 1.52. The van der Waals surface area contributed by atoms with Gasteiger partial charge in [0.25, 0.3) is 0 Å². The lowest BCUT2D eigenvalue weighted by atomic mass is 10.4. The molecular formula is C8H14O3S. The van der Waals surface area contributed by atoms with Crippen LogP contribution < -0.4 is 0 Å². The van der Waals surface area contributed by atoms with Crippen LogP contribution in [0.2, 0.25) is 0 Å². The summed E-state index contributed by atoms with van der Waals surface area (Å²) in [6, 6.07) is 0. The maximum atomic E-state index is 10.6. The highest BCUT2D eigenvalue weighted by Crippen LogP contribution is 2.05.